The third-order valence-corrected chi connectivity index (χ3v) is 3.99. The van der Waals surface area contributed by atoms with Gasteiger partial charge in [0.25, 0.3) is 5.56 Å². The number of methoxy groups -OCH3 is 1. The van der Waals surface area contributed by atoms with Gasteiger partial charge < -0.3 is 9.47 Å². The zero-order chi connectivity index (χ0) is 18.1. The van der Waals surface area contributed by atoms with Crippen molar-refractivity contribution in [2.24, 2.45) is 7.05 Å². The van der Waals surface area contributed by atoms with Crippen molar-refractivity contribution in [3.05, 3.63) is 33.1 Å². The number of carbonyl (C=O) groups is 2. The predicted octanol–water partition coefficient (Wildman–Crippen LogP) is 2.29. The number of ether oxygens (including phenoxy) is 2. The molecular weight excluding hydrogens is 332 g/mol. The quantitative estimate of drug-likeness (QED) is 0.621. The van der Waals surface area contributed by atoms with Gasteiger partial charge in [0.05, 0.1) is 12.0 Å². The van der Waals surface area contributed by atoms with Crippen molar-refractivity contribution in [3.8, 4) is 16.5 Å². The van der Waals surface area contributed by atoms with Gasteiger partial charge in [-0.25, -0.2) is 9.78 Å². The van der Waals surface area contributed by atoms with Gasteiger partial charge in [0.2, 0.25) is 5.75 Å². The van der Waals surface area contributed by atoms with Crippen LogP contribution < -0.4 is 10.3 Å². The first-order valence-electron chi connectivity index (χ1n) is 7.11. The number of hydrogen-bond acceptors (Lipinski definition) is 7. The molecule has 2 heterocycles. The van der Waals surface area contributed by atoms with Crippen LogP contribution in [0.2, 0.25) is 0 Å². The molecule has 0 spiro atoms. The summed E-state index contributed by atoms with van der Waals surface area (Å²) in [6, 6.07) is 1.62. The summed E-state index contributed by atoms with van der Waals surface area (Å²) < 4.78 is 11.6. The van der Waals surface area contributed by atoms with Crippen molar-refractivity contribution in [1.82, 2.24) is 9.55 Å². The lowest BCUT2D eigenvalue weighted by atomic mass is 10.2. The number of nitrogens with zero attached hydrogens (tertiary/aromatic N) is 2. The van der Waals surface area contributed by atoms with E-state index in [-0.39, 0.29) is 17.3 Å². The summed E-state index contributed by atoms with van der Waals surface area (Å²) in [4.78, 5) is 40.7. The maximum absolute atomic E-state index is 12.7. The molecular formula is C16H18N2O5S. The lowest BCUT2D eigenvalue weighted by molar-refractivity contribution is 0.0575. The monoisotopic (exact) mass is 350 g/mol. The number of aldehydes is 1. The Balaban J connectivity index is 2.78. The Morgan fingerprint density at radius 2 is 2.04 bits per heavy atom. The molecule has 0 saturated heterocycles. The summed E-state index contributed by atoms with van der Waals surface area (Å²) in [6.45, 7) is 5.27. The Morgan fingerprint density at radius 3 is 2.58 bits per heavy atom. The lowest BCUT2D eigenvalue weighted by Gasteiger charge is -2.22. The normalized spacial score (nSPS) is 11.2. The summed E-state index contributed by atoms with van der Waals surface area (Å²) in [5.41, 5.74) is -1.05. The van der Waals surface area contributed by atoms with E-state index >= 15 is 0 Å². The second-order valence-electron chi connectivity index (χ2n) is 6.01. The number of aromatic nitrogens is 2. The fourth-order valence-corrected chi connectivity index (χ4v) is 2.90. The molecule has 128 valence electrons. The zero-order valence-corrected chi connectivity index (χ0v) is 14.9. The van der Waals surface area contributed by atoms with Crippen LogP contribution in [-0.4, -0.2) is 34.5 Å². The minimum atomic E-state index is -0.780. The molecule has 0 aliphatic heterocycles. The fraction of sp³-hybridized carbons (Fsp3) is 0.375. The molecule has 0 amide bonds. The van der Waals surface area contributed by atoms with Crippen LogP contribution >= 0.6 is 11.3 Å². The maximum Gasteiger partial charge on any atom is 0.360 e. The van der Waals surface area contributed by atoms with Crippen LogP contribution in [0.1, 0.15) is 41.6 Å². The predicted molar refractivity (Wildman–Crippen MR) is 89.9 cm³/mol. The standard InChI is InChI=1S/C16H18N2O5S/c1-16(2,3)23-11-10(15(21)22-5)17-13(18(4)14(11)20)12-9(8-19)6-7-24-12/h6-8H,1-5H3. The van der Waals surface area contributed by atoms with E-state index in [1.807, 2.05) is 0 Å². The largest absolute Gasteiger partial charge is 0.480 e. The second-order valence-corrected chi connectivity index (χ2v) is 6.92. The van der Waals surface area contributed by atoms with Gasteiger partial charge in [0, 0.05) is 12.6 Å². The van der Waals surface area contributed by atoms with Crippen LogP contribution in [0.5, 0.6) is 5.75 Å². The van der Waals surface area contributed by atoms with Crippen LogP contribution in [0.15, 0.2) is 16.2 Å². The number of rotatable bonds is 4. The first-order valence-corrected chi connectivity index (χ1v) is 7.99. The van der Waals surface area contributed by atoms with Crippen molar-refractivity contribution < 1.29 is 19.1 Å². The highest BCUT2D eigenvalue weighted by Crippen LogP contribution is 2.28. The maximum atomic E-state index is 12.7. The molecule has 0 radical (unpaired) electrons. The number of thiophene rings is 1. The molecule has 7 nitrogen and oxygen atoms in total. The average molecular weight is 350 g/mol. The van der Waals surface area contributed by atoms with Gasteiger partial charge in [-0.1, -0.05) is 0 Å². The summed E-state index contributed by atoms with van der Waals surface area (Å²) in [7, 11) is 2.71. The highest BCUT2D eigenvalue weighted by atomic mass is 32.1. The van der Waals surface area contributed by atoms with Crippen LogP contribution in [0.25, 0.3) is 10.7 Å². The highest BCUT2D eigenvalue weighted by Gasteiger charge is 2.27. The van der Waals surface area contributed by atoms with Gasteiger partial charge in [-0.3, -0.25) is 14.2 Å². The molecule has 2 rings (SSSR count). The van der Waals surface area contributed by atoms with Crippen molar-refractivity contribution >= 4 is 23.6 Å². The Labute approximate surface area is 142 Å². The van der Waals surface area contributed by atoms with Crippen molar-refractivity contribution in [2.75, 3.05) is 7.11 Å². The Kier molecular flexibility index (Phi) is 4.88. The van der Waals surface area contributed by atoms with Crippen LogP contribution in [0.3, 0.4) is 0 Å². The van der Waals surface area contributed by atoms with Gasteiger partial charge in [-0.15, -0.1) is 11.3 Å². The van der Waals surface area contributed by atoms with Crippen LogP contribution in [0.4, 0.5) is 0 Å². The molecule has 0 N–H and O–H groups in total. The SMILES string of the molecule is COC(=O)c1nc(-c2sccc2C=O)n(C)c(=O)c1OC(C)(C)C. The first-order chi connectivity index (χ1) is 11.2. The number of esters is 1. The molecule has 0 aromatic carbocycles. The molecule has 0 aliphatic carbocycles. The highest BCUT2D eigenvalue weighted by molar-refractivity contribution is 7.13. The lowest BCUT2D eigenvalue weighted by Crippen LogP contribution is -2.32. The van der Waals surface area contributed by atoms with E-state index in [9.17, 15) is 14.4 Å². The molecule has 0 atom stereocenters. The summed E-state index contributed by atoms with van der Waals surface area (Å²) in [5.74, 6) is -0.749. The van der Waals surface area contributed by atoms with Crippen molar-refractivity contribution in [2.45, 2.75) is 26.4 Å². The smallest absolute Gasteiger partial charge is 0.360 e. The minimum Gasteiger partial charge on any atom is -0.480 e. The minimum absolute atomic E-state index is 0.176. The van der Waals surface area contributed by atoms with Crippen LogP contribution in [0, 0.1) is 0 Å². The summed E-state index contributed by atoms with van der Waals surface area (Å²) >= 11 is 1.25. The molecule has 0 unspecified atom stereocenters. The fourth-order valence-electron chi connectivity index (χ4n) is 2.01. The summed E-state index contributed by atoms with van der Waals surface area (Å²) in [5, 5.41) is 1.71. The first kappa shape index (κ1) is 17.9. The van der Waals surface area contributed by atoms with Gasteiger partial charge in [0.1, 0.15) is 5.60 Å². The molecule has 2 aromatic heterocycles. The van der Waals surface area contributed by atoms with E-state index in [4.69, 9.17) is 9.47 Å². The molecule has 0 fully saturated rings. The topological polar surface area (TPSA) is 87.5 Å². The average Bonchev–Trinajstić information content (AvgIpc) is 2.98. The van der Waals surface area contributed by atoms with E-state index < -0.39 is 17.1 Å². The molecule has 24 heavy (non-hydrogen) atoms. The Hall–Kier alpha value is -2.48. The van der Waals surface area contributed by atoms with Crippen molar-refractivity contribution in [1.29, 1.82) is 0 Å². The van der Waals surface area contributed by atoms with Gasteiger partial charge in [-0.2, -0.15) is 0 Å². The molecule has 0 saturated carbocycles. The molecule has 0 bridgehead atoms. The van der Waals surface area contributed by atoms with Gasteiger partial charge in [-0.05, 0) is 32.2 Å². The third kappa shape index (κ3) is 3.38. The molecule has 2 aromatic rings. The Bertz CT molecular complexity index is 845. The van der Waals surface area contributed by atoms with E-state index in [1.54, 1.807) is 32.2 Å². The zero-order valence-electron chi connectivity index (χ0n) is 14.1. The second kappa shape index (κ2) is 6.56. The van der Waals surface area contributed by atoms with E-state index in [0.29, 0.717) is 16.7 Å². The number of hydrogen-bond donors (Lipinski definition) is 0. The summed E-state index contributed by atoms with van der Waals surface area (Å²) in [6.07, 6.45) is 0.676. The van der Waals surface area contributed by atoms with Crippen molar-refractivity contribution in [3.63, 3.8) is 0 Å². The number of carbonyl (C=O) groups excluding carboxylic acids is 2. The molecule has 0 aliphatic rings. The van der Waals surface area contributed by atoms with Crippen LogP contribution in [-0.2, 0) is 11.8 Å². The van der Waals surface area contributed by atoms with E-state index in [2.05, 4.69) is 4.98 Å². The molecule has 8 heteroatoms. The third-order valence-electron chi connectivity index (χ3n) is 3.06. The van der Waals surface area contributed by atoms with E-state index in [0.717, 1.165) is 0 Å². The van der Waals surface area contributed by atoms with E-state index in [1.165, 1.54) is 30.1 Å². The van der Waals surface area contributed by atoms with Gasteiger partial charge in [0.15, 0.2) is 17.8 Å². The Morgan fingerprint density at radius 1 is 1.38 bits per heavy atom. The van der Waals surface area contributed by atoms with Gasteiger partial charge >= 0.3 is 5.97 Å².